The summed E-state index contributed by atoms with van der Waals surface area (Å²) in [6, 6.07) is 0.365. The summed E-state index contributed by atoms with van der Waals surface area (Å²) in [7, 11) is 0. The molecule has 1 aliphatic heterocycles. The lowest BCUT2D eigenvalue weighted by atomic mass is 9.79. The molecule has 0 aromatic heterocycles. The smallest absolute Gasteiger partial charge is 0.0916 e. The molecule has 1 heterocycles. The summed E-state index contributed by atoms with van der Waals surface area (Å²) in [5, 5.41) is 3.75. The van der Waals surface area contributed by atoms with E-state index in [1.165, 1.54) is 38.5 Å². The van der Waals surface area contributed by atoms with E-state index < -0.39 is 0 Å². The molecule has 0 aromatic rings. The summed E-state index contributed by atoms with van der Waals surface area (Å²) in [5.74, 6) is 0. The fourth-order valence-corrected chi connectivity index (χ4v) is 3.86. The van der Waals surface area contributed by atoms with Gasteiger partial charge in [0.2, 0.25) is 0 Å². The molecule has 1 saturated heterocycles. The third-order valence-electron chi connectivity index (χ3n) is 4.90. The maximum atomic E-state index is 6.33. The van der Waals surface area contributed by atoms with Gasteiger partial charge >= 0.3 is 0 Å². The number of hydrogen-bond donors (Lipinski definition) is 1. The number of allylic oxidation sites excluding steroid dienone is 1. The molecule has 0 radical (unpaired) electrons. The fourth-order valence-electron chi connectivity index (χ4n) is 3.86. The molecule has 2 aliphatic rings. The summed E-state index contributed by atoms with van der Waals surface area (Å²) >= 11 is 0. The third-order valence-corrected chi connectivity index (χ3v) is 4.90. The monoisotopic (exact) mass is 295 g/mol. The van der Waals surface area contributed by atoms with Crippen molar-refractivity contribution in [3.8, 4) is 0 Å². The van der Waals surface area contributed by atoms with Crippen LogP contribution in [-0.2, 0) is 9.47 Å². The van der Waals surface area contributed by atoms with Crippen LogP contribution in [0.2, 0.25) is 0 Å². The molecule has 0 aromatic carbocycles. The topological polar surface area (TPSA) is 30.5 Å². The van der Waals surface area contributed by atoms with Crippen molar-refractivity contribution in [1.82, 2.24) is 5.32 Å². The zero-order valence-corrected chi connectivity index (χ0v) is 14.0. The molecule has 122 valence electrons. The average molecular weight is 295 g/mol. The molecule has 1 aliphatic carbocycles. The number of nitrogens with one attached hydrogen (secondary N) is 1. The Labute approximate surface area is 130 Å². The summed E-state index contributed by atoms with van der Waals surface area (Å²) < 4.78 is 11.9. The quantitative estimate of drug-likeness (QED) is 0.755. The third kappa shape index (κ3) is 4.54. The van der Waals surface area contributed by atoms with Crippen LogP contribution < -0.4 is 5.32 Å². The highest BCUT2D eigenvalue weighted by Crippen LogP contribution is 2.35. The Morgan fingerprint density at radius 1 is 1.19 bits per heavy atom. The average Bonchev–Trinajstić information content (AvgIpc) is 2.46. The van der Waals surface area contributed by atoms with E-state index in [0.29, 0.717) is 6.04 Å². The summed E-state index contributed by atoms with van der Waals surface area (Å²) in [4.78, 5) is 0. The maximum Gasteiger partial charge on any atom is 0.0916 e. The van der Waals surface area contributed by atoms with Crippen molar-refractivity contribution in [2.24, 2.45) is 0 Å². The van der Waals surface area contributed by atoms with E-state index in [2.05, 4.69) is 25.2 Å². The van der Waals surface area contributed by atoms with Crippen LogP contribution in [0.15, 0.2) is 11.6 Å². The van der Waals surface area contributed by atoms with E-state index in [1.807, 2.05) is 0 Å². The van der Waals surface area contributed by atoms with E-state index >= 15 is 0 Å². The molecule has 1 atom stereocenters. The van der Waals surface area contributed by atoms with Gasteiger partial charge in [-0.1, -0.05) is 31.4 Å². The van der Waals surface area contributed by atoms with Crippen molar-refractivity contribution in [3.05, 3.63) is 11.6 Å². The van der Waals surface area contributed by atoms with Gasteiger partial charge in [0.1, 0.15) is 0 Å². The molecule has 1 N–H and O–H groups in total. The Morgan fingerprint density at radius 3 is 2.67 bits per heavy atom. The first-order chi connectivity index (χ1) is 10.3. The van der Waals surface area contributed by atoms with Gasteiger partial charge in [-0.25, -0.2) is 0 Å². The highest BCUT2D eigenvalue weighted by Gasteiger charge is 2.42. The van der Waals surface area contributed by atoms with Crippen LogP contribution >= 0.6 is 0 Å². The maximum absolute atomic E-state index is 6.33. The molecule has 3 nitrogen and oxygen atoms in total. The first-order valence-electron chi connectivity index (χ1n) is 8.96. The lowest BCUT2D eigenvalue weighted by molar-refractivity contribution is -0.120. The van der Waals surface area contributed by atoms with Gasteiger partial charge in [-0.3, -0.25) is 0 Å². The number of ether oxygens (including phenoxy) is 2. The van der Waals surface area contributed by atoms with Gasteiger partial charge in [0.25, 0.3) is 0 Å². The summed E-state index contributed by atoms with van der Waals surface area (Å²) in [5.41, 5.74) is 1.53. The molecule has 1 unspecified atom stereocenters. The Bertz CT molecular complexity index is 316. The SMILES string of the molecule is CCNC(C1=CCCCCCC1)C1(OCC)CCOCC1. The van der Waals surface area contributed by atoms with E-state index in [4.69, 9.17) is 9.47 Å². The largest absolute Gasteiger partial charge is 0.381 e. The lowest BCUT2D eigenvalue weighted by Crippen LogP contribution is -2.56. The molecule has 21 heavy (non-hydrogen) atoms. The van der Waals surface area contributed by atoms with Gasteiger partial charge in [0.05, 0.1) is 11.6 Å². The van der Waals surface area contributed by atoms with Gasteiger partial charge in [0, 0.05) is 32.7 Å². The first kappa shape index (κ1) is 17.0. The zero-order valence-electron chi connectivity index (χ0n) is 14.0. The molecule has 0 saturated carbocycles. The minimum atomic E-state index is -0.0615. The molecular weight excluding hydrogens is 262 g/mol. The fraction of sp³-hybridized carbons (Fsp3) is 0.889. The minimum absolute atomic E-state index is 0.0615. The molecule has 3 heteroatoms. The van der Waals surface area contributed by atoms with Crippen LogP contribution in [0.4, 0.5) is 0 Å². The summed E-state index contributed by atoms with van der Waals surface area (Å²) in [6.07, 6.45) is 12.4. The van der Waals surface area contributed by atoms with Crippen molar-refractivity contribution >= 4 is 0 Å². The van der Waals surface area contributed by atoms with Gasteiger partial charge in [-0.15, -0.1) is 0 Å². The molecule has 2 rings (SSSR count). The predicted octanol–water partition coefficient (Wildman–Crippen LogP) is 3.83. The van der Waals surface area contributed by atoms with E-state index in [9.17, 15) is 0 Å². The molecular formula is C18H33NO2. The van der Waals surface area contributed by atoms with Crippen LogP contribution in [0.5, 0.6) is 0 Å². The van der Waals surface area contributed by atoms with Gasteiger partial charge in [-0.05, 0) is 39.2 Å². The van der Waals surface area contributed by atoms with Crippen molar-refractivity contribution in [3.63, 3.8) is 0 Å². The molecule has 0 spiro atoms. The van der Waals surface area contributed by atoms with Crippen LogP contribution in [0.1, 0.15) is 65.2 Å². The van der Waals surface area contributed by atoms with Crippen molar-refractivity contribution in [2.75, 3.05) is 26.4 Å². The summed E-state index contributed by atoms with van der Waals surface area (Å²) in [6.45, 7) is 7.76. The van der Waals surface area contributed by atoms with Crippen LogP contribution in [-0.4, -0.2) is 38.0 Å². The van der Waals surface area contributed by atoms with Gasteiger partial charge < -0.3 is 14.8 Å². The second-order valence-corrected chi connectivity index (χ2v) is 6.33. The second kappa shape index (κ2) is 8.92. The normalized spacial score (nSPS) is 24.8. The highest BCUT2D eigenvalue weighted by atomic mass is 16.5. The Kier molecular flexibility index (Phi) is 7.21. The molecule has 0 bridgehead atoms. The lowest BCUT2D eigenvalue weighted by Gasteiger charge is -2.44. The van der Waals surface area contributed by atoms with E-state index in [1.54, 1.807) is 5.57 Å². The Morgan fingerprint density at radius 2 is 1.95 bits per heavy atom. The minimum Gasteiger partial charge on any atom is -0.381 e. The van der Waals surface area contributed by atoms with Crippen molar-refractivity contribution < 1.29 is 9.47 Å². The van der Waals surface area contributed by atoms with Crippen LogP contribution in [0.3, 0.4) is 0 Å². The standard InChI is InChI=1S/C18H33NO2/c1-3-19-17(16-10-8-6-5-7-9-11-16)18(21-4-2)12-14-20-15-13-18/h10,17,19H,3-9,11-15H2,1-2H3. The predicted molar refractivity (Wildman–Crippen MR) is 87.7 cm³/mol. The van der Waals surface area contributed by atoms with Gasteiger partial charge in [0.15, 0.2) is 0 Å². The number of rotatable bonds is 6. The van der Waals surface area contributed by atoms with E-state index in [0.717, 1.165) is 39.2 Å². The second-order valence-electron chi connectivity index (χ2n) is 6.33. The van der Waals surface area contributed by atoms with E-state index in [-0.39, 0.29) is 5.60 Å². The van der Waals surface area contributed by atoms with Gasteiger partial charge in [-0.2, -0.15) is 0 Å². The molecule has 0 amide bonds. The molecule has 1 fully saturated rings. The van der Waals surface area contributed by atoms with Crippen molar-refractivity contribution in [2.45, 2.75) is 76.9 Å². The highest BCUT2D eigenvalue weighted by molar-refractivity contribution is 5.19. The Hall–Kier alpha value is -0.380. The van der Waals surface area contributed by atoms with Crippen molar-refractivity contribution in [1.29, 1.82) is 0 Å². The number of likely N-dealkylation sites (N-methyl/N-ethyl adjacent to an activating group) is 1. The van der Waals surface area contributed by atoms with Crippen LogP contribution in [0, 0.1) is 0 Å². The van der Waals surface area contributed by atoms with Crippen LogP contribution in [0.25, 0.3) is 0 Å². The number of hydrogen-bond acceptors (Lipinski definition) is 3. The first-order valence-corrected chi connectivity index (χ1v) is 8.96. The Balaban J connectivity index is 2.20. The zero-order chi connectivity index (χ0) is 15.0.